The molecule has 3 aromatic rings. The quantitative estimate of drug-likeness (QED) is 0.552. The lowest BCUT2D eigenvalue weighted by Gasteiger charge is -2.06. The van der Waals surface area contributed by atoms with Crippen molar-refractivity contribution in [2.75, 3.05) is 13.2 Å². The van der Waals surface area contributed by atoms with Crippen molar-refractivity contribution in [3.63, 3.8) is 0 Å². The molecule has 0 radical (unpaired) electrons. The van der Waals surface area contributed by atoms with Crippen molar-refractivity contribution < 1.29 is 9.53 Å². The monoisotopic (exact) mass is 416 g/mol. The van der Waals surface area contributed by atoms with E-state index >= 15 is 0 Å². The largest absolute Gasteiger partial charge is 0.481 e. The van der Waals surface area contributed by atoms with Crippen molar-refractivity contribution >= 4 is 40.2 Å². The van der Waals surface area contributed by atoms with Crippen molar-refractivity contribution in [2.45, 2.75) is 12.8 Å². The molecule has 3 rings (SSSR count). The maximum atomic E-state index is 12.1. The van der Waals surface area contributed by atoms with Crippen molar-refractivity contribution in [3.8, 4) is 28.0 Å². The van der Waals surface area contributed by atoms with Gasteiger partial charge in [0.2, 0.25) is 5.91 Å². The van der Waals surface area contributed by atoms with Crippen LogP contribution in [0.1, 0.15) is 11.3 Å². The fourth-order valence-corrected chi connectivity index (χ4v) is 4.32. The highest BCUT2D eigenvalue weighted by Gasteiger charge is 2.10. The summed E-state index contributed by atoms with van der Waals surface area (Å²) in [6, 6.07) is 11.5. The van der Waals surface area contributed by atoms with Gasteiger partial charge in [0.1, 0.15) is 17.4 Å². The fourth-order valence-electron chi connectivity index (χ4n) is 2.38. The van der Waals surface area contributed by atoms with Crippen LogP contribution in [0.4, 0.5) is 0 Å². The third-order valence-electron chi connectivity index (χ3n) is 3.66. The van der Waals surface area contributed by atoms with Gasteiger partial charge in [-0.2, -0.15) is 0 Å². The topological polar surface area (TPSA) is 51.2 Å². The van der Waals surface area contributed by atoms with Crippen molar-refractivity contribution in [1.82, 2.24) is 10.3 Å². The highest BCUT2D eigenvalue weighted by molar-refractivity contribution is 7.23. The molecule has 0 aliphatic heterocycles. The first kappa shape index (κ1) is 19.4. The summed E-state index contributed by atoms with van der Waals surface area (Å²) < 4.78 is 6.07. The molecule has 0 spiro atoms. The van der Waals surface area contributed by atoms with E-state index in [1.54, 1.807) is 0 Å². The van der Waals surface area contributed by atoms with Crippen LogP contribution in [0.2, 0.25) is 4.34 Å². The van der Waals surface area contributed by atoms with Crippen LogP contribution in [0.5, 0.6) is 5.75 Å². The summed E-state index contributed by atoms with van der Waals surface area (Å²) in [5.74, 6) is 3.14. The maximum Gasteiger partial charge on any atom is 0.226 e. The third kappa shape index (κ3) is 5.83. The second kappa shape index (κ2) is 9.56. The van der Waals surface area contributed by atoms with Gasteiger partial charge in [-0.05, 0) is 36.2 Å². The van der Waals surface area contributed by atoms with E-state index < -0.39 is 0 Å². The number of nitrogens with one attached hydrogen (secondary N) is 1. The molecule has 4 nitrogen and oxygen atoms in total. The van der Waals surface area contributed by atoms with E-state index in [0.29, 0.717) is 6.54 Å². The lowest BCUT2D eigenvalue weighted by Crippen LogP contribution is -2.27. The fraction of sp³-hybridized carbons (Fsp3) is 0.200. The molecule has 1 amide bonds. The SMILES string of the molecule is C#CCOc1ccc(CCNC(=O)Cc2csc(-c3ccc(Cl)s3)n2)cc1. The molecule has 1 N–H and O–H groups in total. The standard InChI is InChI=1S/C20H17ClN2O2S2/c1-2-11-25-16-5-3-14(4-6-16)9-10-22-19(24)12-15-13-26-20(23-15)17-7-8-18(21)27-17/h1,3-8,13H,9-12H2,(H,22,24). The van der Waals surface area contributed by atoms with Crippen LogP contribution in [0.15, 0.2) is 41.8 Å². The molecule has 27 heavy (non-hydrogen) atoms. The van der Waals surface area contributed by atoms with Crippen LogP contribution >= 0.6 is 34.3 Å². The van der Waals surface area contributed by atoms with Gasteiger partial charge in [-0.15, -0.1) is 29.1 Å². The van der Waals surface area contributed by atoms with Crippen molar-refractivity contribution in [3.05, 3.63) is 57.4 Å². The highest BCUT2D eigenvalue weighted by Crippen LogP contribution is 2.32. The number of aromatic nitrogens is 1. The number of terminal acetylenes is 1. The van der Waals surface area contributed by atoms with Gasteiger partial charge >= 0.3 is 0 Å². The first-order chi connectivity index (χ1) is 13.1. The van der Waals surface area contributed by atoms with Crippen molar-refractivity contribution in [2.24, 2.45) is 0 Å². The van der Waals surface area contributed by atoms with E-state index in [-0.39, 0.29) is 18.9 Å². The first-order valence-corrected chi connectivity index (χ1v) is 10.3. The van der Waals surface area contributed by atoms with Crippen LogP contribution in [-0.4, -0.2) is 24.0 Å². The van der Waals surface area contributed by atoms with Crippen LogP contribution in [-0.2, 0) is 17.6 Å². The van der Waals surface area contributed by atoms with E-state index in [1.807, 2.05) is 41.8 Å². The Morgan fingerprint density at radius 3 is 2.78 bits per heavy atom. The van der Waals surface area contributed by atoms with Crippen LogP contribution in [0.25, 0.3) is 9.88 Å². The average molecular weight is 417 g/mol. The minimum absolute atomic E-state index is 0.0370. The van der Waals surface area contributed by atoms with E-state index in [2.05, 4.69) is 16.2 Å². The number of carbonyl (C=O) groups is 1. The Kier molecular flexibility index (Phi) is 6.88. The highest BCUT2D eigenvalue weighted by atomic mass is 35.5. The molecule has 0 fully saturated rings. The second-order valence-electron chi connectivity index (χ2n) is 5.66. The number of nitrogens with zero attached hydrogens (tertiary/aromatic N) is 1. The zero-order valence-electron chi connectivity index (χ0n) is 14.4. The lowest BCUT2D eigenvalue weighted by atomic mass is 10.1. The molecule has 7 heteroatoms. The van der Waals surface area contributed by atoms with Gasteiger partial charge < -0.3 is 10.1 Å². The molecule has 0 bridgehead atoms. The van der Waals surface area contributed by atoms with Gasteiger partial charge in [0.25, 0.3) is 0 Å². The summed E-state index contributed by atoms with van der Waals surface area (Å²) in [5, 5.41) is 5.74. The van der Waals surface area contributed by atoms with Crippen LogP contribution in [0.3, 0.4) is 0 Å². The first-order valence-electron chi connectivity index (χ1n) is 8.26. The summed E-state index contributed by atoms with van der Waals surface area (Å²) in [5.41, 5.74) is 1.89. The number of thiophene rings is 1. The molecule has 0 unspecified atom stereocenters. The zero-order valence-corrected chi connectivity index (χ0v) is 16.8. The van der Waals surface area contributed by atoms with Gasteiger partial charge in [-0.3, -0.25) is 4.79 Å². The van der Waals surface area contributed by atoms with E-state index in [9.17, 15) is 4.79 Å². The van der Waals surface area contributed by atoms with Gasteiger partial charge in [-0.1, -0.05) is 29.7 Å². The average Bonchev–Trinajstić information content (AvgIpc) is 3.30. The number of hydrogen-bond donors (Lipinski definition) is 1. The Bertz CT molecular complexity index is 942. The molecule has 0 aliphatic carbocycles. The summed E-state index contributed by atoms with van der Waals surface area (Å²) in [4.78, 5) is 17.7. The molecule has 138 valence electrons. The number of rotatable bonds is 8. The number of thiazole rings is 1. The molecular formula is C20H17ClN2O2S2. The smallest absolute Gasteiger partial charge is 0.226 e. The predicted molar refractivity (Wildman–Crippen MR) is 112 cm³/mol. The minimum Gasteiger partial charge on any atom is -0.481 e. The summed E-state index contributed by atoms with van der Waals surface area (Å²) >= 11 is 8.96. The third-order valence-corrected chi connectivity index (χ3v) is 5.95. The second-order valence-corrected chi connectivity index (χ2v) is 8.23. The number of carbonyl (C=O) groups excluding carboxylic acids is 1. The van der Waals surface area contributed by atoms with Gasteiger partial charge in [0.15, 0.2) is 0 Å². The summed E-state index contributed by atoms with van der Waals surface area (Å²) in [6.07, 6.45) is 6.18. The number of halogens is 1. The van der Waals surface area contributed by atoms with Gasteiger partial charge in [-0.25, -0.2) is 4.98 Å². The Morgan fingerprint density at radius 1 is 1.26 bits per heavy atom. The van der Waals surface area contributed by atoms with Crippen LogP contribution in [0, 0.1) is 12.3 Å². The molecule has 0 saturated carbocycles. The Labute approximate surface area is 171 Å². The van der Waals surface area contributed by atoms with Crippen molar-refractivity contribution in [1.29, 1.82) is 0 Å². The normalized spacial score (nSPS) is 10.4. The minimum atomic E-state index is -0.0370. The lowest BCUT2D eigenvalue weighted by molar-refractivity contribution is -0.120. The van der Waals surface area contributed by atoms with Crippen LogP contribution < -0.4 is 10.1 Å². The molecule has 0 atom stereocenters. The predicted octanol–water partition coefficient (Wildman–Crippen LogP) is 4.44. The van der Waals surface area contributed by atoms with E-state index in [0.717, 1.165) is 37.6 Å². The zero-order chi connectivity index (χ0) is 19.1. The number of hydrogen-bond acceptors (Lipinski definition) is 5. The number of amides is 1. The number of ether oxygens (including phenoxy) is 1. The Hall–Kier alpha value is -2.33. The molecule has 2 heterocycles. The number of benzene rings is 1. The summed E-state index contributed by atoms with van der Waals surface area (Å²) in [7, 11) is 0. The van der Waals surface area contributed by atoms with Gasteiger partial charge in [0.05, 0.1) is 21.3 Å². The summed E-state index contributed by atoms with van der Waals surface area (Å²) in [6.45, 7) is 0.828. The Morgan fingerprint density at radius 2 is 2.07 bits per heavy atom. The molecule has 0 aliphatic rings. The molecule has 2 aromatic heterocycles. The molecule has 1 aromatic carbocycles. The van der Waals surface area contributed by atoms with Gasteiger partial charge in [0, 0.05) is 11.9 Å². The van der Waals surface area contributed by atoms with E-state index in [1.165, 1.54) is 22.7 Å². The molecule has 0 saturated heterocycles. The molecular weight excluding hydrogens is 400 g/mol. The van der Waals surface area contributed by atoms with E-state index in [4.69, 9.17) is 22.8 Å². The maximum absolute atomic E-state index is 12.1. The Balaban J connectivity index is 1.43.